The fourth-order valence-corrected chi connectivity index (χ4v) is 9.61. The van der Waals surface area contributed by atoms with E-state index in [-0.39, 0.29) is 18.3 Å². The summed E-state index contributed by atoms with van der Waals surface area (Å²) in [5, 5.41) is 26.3. The second kappa shape index (κ2) is 17.8. The molecule has 6 aromatic carbocycles. The van der Waals surface area contributed by atoms with Crippen molar-refractivity contribution in [3.63, 3.8) is 0 Å². The van der Waals surface area contributed by atoms with Crippen molar-refractivity contribution in [2.24, 2.45) is 0 Å². The molecule has 0 fully saturated rings. The summed E-state index contributed by atoms with van der Waals surface area (Å²) in [7, 11) is 3.20. The van der Waals surface area contributed by atoms with Crippen LogP contribution in [0.2, 0.25) is 0 Å². The van der Waals surface area contributed by atoms with Gasteiger partial charge in [-0.3, -0.25) is 9.69 Å². The van der Waals surface area contributed by atoms with Gasteiger partial charge in [0.1, 0.15) is 28.9 Å². The van der Waals surface area contributed by atoms with E-state index < -0.39 is 35.8 Å². The Bertz CT molecular complexity index is 2870. The Kier molecular flexibility index (Phi) is 11.6. The number of H-pyrrole nitrogens is 1. The Morgan fingerprint density at radius 3 is 1.78 bits per heavy atom. The molecular formula is C53H47N5O7. The Morgan fingerprint density at radius 2 is 1.25 bits per heavy atom. The smallest absolute Gasteiger partial charge is 0.408 e. The standard InChI is InChI=1S/C53H47N5O7/c1-52(46-43-20-12-10-18-41(43)42-19-11-13-21-44(42)46,45-30-54-48-47(45)55-33-56-49(48)57-50(60)34-14-6-4-7-15-34)58(51(61)62)38(31-59)32-65-53(35-16-8-5-9-17-35,36-22-26-39(63-2)27-23-36)37-24-28-40(64-3)29-25-37/h4-30,33,38,46,54,59H,31-32H2,1-3H3,(H,61,62)(H,55,56,57,60). The maximum absolute atomic E-state index is 14.4. The molecule has 2 atom stereocenters. The Balaban J connectivity index is 1.22. The second-order valence-electron chi connectivity index (χ2n) is 16.0. The fraction of sp³-hybridized carbons (Fsp3) is 0.170. The Labute approximate surface area is 376 Å². The normalized spacial score (nSPS) is 13.6. The maximum atomic E-state index is 14.4. The van der Waals surface area contributed by atoms with Crippen LogP contribution in [0.25, 0.3) is 22.2 Å². The number of fused-ring (bicyclic) bond motifs is 4. The van der Waals surface area contributed by atoms with Crippen molar-refractivity contribution in [3.05, 3.63) is 209 Å². The van der Waals surface area contributed by atoms with Crippen LogP contribution in [0.5, 0.6) is 11.5 Å². The molecule has 1 aliphatic carbocycles. The SMILES string of the molecule is COc1ccc(C(OCC(CO)N(C(=O)O)C(C)(c2c[nH]c3c(NC(=O)c4ccccc4)ncnc23)C2c3ccccc3-c3ccccc32)(c2ccccc2)c2ccc(OC)cc2)cc1. The van der Waals surface area contributed by atoms with E-state index in [0.717, 1.165) is 38.9 Å². The van der Waals surface area contributed by atoms with E-state index in [1.54, 1.807) is 44.7 Å². The van der Waals surface area contributed by atoms with E-state index in [9.17, 15) is 19.8 Å². The zero-order valence-corrected chi connectivity index (χ0v) is 36.0. The van der Waals surface area contributed by atoms with Gasteiger partial charge in [-0.25, -0.2) is 14.8 Å². The summed E-state index contributed by atoms with van der Waals surface area (Å²) in [6.07, 6.45) is 1.79. The van der Waals surface area contributed by atoms with Crippen molar-refractivity contribution in [2.75, 3.05) is 32.8 Å². The molecule has 2 amide bonds. The molecule has 0 saturated heterocycles. The van der Waals surface area contributed by atoms with Crippen molar-refractivity contribution in [1.29, 1.82) is 0 Å². The Hall–Kier alpha value is -7.80. The van der Waals surface area contributed by atoms with Gasteiger partial charge in [0, 0.05) is 23.2 Å². The van der Waals surface area contributed by atoms with Crippen LogP contribution in [0.4, 0.5) is 10.6 Å². The molecule has 0 bridgehead atoms. The summed E-state index contributed by atoms with van der Waals surface area (Å²) >= 11 is 0. The van der Waals surface area contributed by atoms with Crippen molar-refractivity contribution >= 4 is 28.9 Å². The molecule has 4 N–H and O–H groups in total. The van der Waals surface area contributed by atoms with Gasteiger partial charge in [-0.2, -0.15) is 0 Å². The van der Waals surface area contributed by atoms with E-state index in [1.807, 2.05) is 140 Å². The van der Waals surface area contributed by atoms with Crippen LogP contribution >= 0.6 is 0 Å². The summed E-state index contributed by atoms with van der Waals surface area (Å²) in [5.41, 5.74) is 4.91. The number of aliphatic hydroxyl groups is 1. The summed E-state index contributed by atoms with van der Waals surface area (Å²) in [6, 6.07) is 48.4. The molecule has 2 aromatic heterocycles. The van der Waals surface area contributed by atoms with E-state index in [0.29, 0.717) is 33.7 Å². The number of carboxylic acid groups (broad SMARTS) is 1. The number of methoxy groups -OCH3 is 2. The third-order valence-electron chi connectivity index (χ3n) is 12.6. The van der Waals surface area contributed by atoms with Crippen molar-refractivity contribution in [3.8, 4) is 22.6 Å². The molecule has 2 unspecified atom stereocenters. The molecule has 0 saturated carbocycles. The average Bonchev–Trinajstić information content (AvgIpc) is 3.96. The number of carbonyl (C=O) groups excluding carboxylic acids is 1. The minimum atomic E-state index is -1.51. The first kappa shape index (κ1) is 42.5. The van der Waals surface area contributed by atoms with E-state index in [2.05, 4.69) is 15.3 Å². The molecule has 12 heteroatoms. The number of hydrogen-bond acceptors (Lipinski definition) is 8. The molecule has 2 heterocycles. The number of anilines is 1. The molecule has 0 spiro atoms. The van der Waals surface area contributed by atoms with Gasteiger partial charge in [-0.1, -0.05) is 121 Å². The molecule has 326 valence electrons. The number of carbonyl (C=O) groups is 2. The van der Waals surface area contributed by atoms with Crippen LogP contribution in [0.15, 0.2) is 170 Å². The highest BCUT2D eigenvalue weighted by atomic mass is 16.5. The number of hydrogen-bond donors (Lipinski definition) is 4. The number of rotatable bonds is 15. The monoisotopic (exact) mass is 865 g/mol. The predicted octanol–water partition coefficient (Wildman–Crippen LogP) is 9.60. The predicted molar refractivity (Wildman–Crippen MR) is 248 cm³/mol. The fourth-order valence-electron chi connectivity index (χ4n) is 9.61. The maximum Gasteiger partial charge on any atom is 0.408 e. The molecule has 9 rings (SSSR count). The highest BCUT2D eigenvalue weighted by Crippen LogP contribution is 2.56. The zero-order valence-electron chi connectivity index (χ0n) is 36.0. The minimum Gasteiger partial charge on any atom is -0.497 e. The van der Waals surface area contributed by atoms with Gasteiger partial charge in [-0.15, -0.1) is 0 Å². The summed E-state index contributed by atoms with van der Waals surface area (Å²) in [4.78, 5) is 41.7. The summed E-state index contributed by atoms with van der Waals surface area (Å²) < 4.78 is 18.4. The first-order valence-electron chi connectivity index (χ1n) is 21.2. The third-order valence-corrected chi connectivity index (χ3v) is 12.6. The number of nitrogens with one attached hydrogen (secondary N) is 2. The lowest BCUT2D eigenvalue weighted by Gasteiger charge is -2.48. The highest BCUT2D eigenvalue weighted by molar-refractivity contribution is 6.07. The molecule has 65 heavy (non-hydrogen) atoms. The number of benzene rings is 6. The lowest BCUT2D eigenvalue weighted by Crippen LogP contribution is -2.58. The van der Waals surface area contributed by atoms with Crippen LogP contribution in [0, 0.1) is 0 Å². The number of aliphatic hydroxyl groups excluding tert-OH is 1. The van der Waals surface area contributed by atoms with E-state index in [4.69, 9.17) is 19.2 Å². The quantitative estimate of drug-likeness (QED) is 0.0737. The molecule has 1 aliphatic rings. The number of nitrogens with zero attached hydrogens (tertiary/aromatic N) is 3. The number of aromatic nitrogens is 3. The number of amides is 2. The second-order valence-corrected chi connectivity index (χ2v) is 16.0. The van der Waals surface area contributed by atoms with Gasteiger partial charge in [0.25, 0.3) is 5.91 Å². The minimum absolute atomic E-state index is 0.222. The Morgan fingerprint density at radius 1 is 0.723 bits per heavy atom. The first-order valence-corrected chi connectivity index (χ1v) is 21.2. The summed E-state index contributed by atoms with van der Waals surface area (Å²) in [5.74, 6) is 0.532. The van der Waals surface area contributed by atoms with Crippen LogP contribution < -0.4 is 14.8 Å². The third kappa shape index (κ3) is 7.42. The number of aromatic amines is 1. The van der Waals surface area contributed by atoms with Crippen LogP contribution in [0.3, 0.4) is 0 Å². The van der Waals surface area contributed by atoms with Gasteiger partial charge in [0.05, 0.1) is 44.5 Å². The molecule has 12 nitrogen and oxygen atoms in total. The summed E-state index contributed by atoms with van der Waals surface area (Å²) in [6.45, 7) is 0.998. The van der Waals surface area contributed by atoms with E-state index >= 15 is 0 Å². The molecule has 8 aromatic rings. The lowest BCUT2D eigenvalue weighted by atomic mass is 9.73. The van der Waals surface area contributed by atoms with Crippen molar-refractivity contribution in [2.45, 2.75) is 30.0 Å². The zero-order chi connectivity index (χ0) is 45.1. The van der Waals surface area contributed by atoms with Crippen LogP contribution in [0.1, 0.15) is 56.6 Å². The van der Waals surface area contributed by atoms with Gasteiger partial charge in [0.15, 0.2) is 5.82 Å². The lowest BCUT2D eigenvalue weighted by molar-refractivity contribution is -0.0574. The number of ether oxygens (including phenoxy) is 3. The highest BCUT2D eigenvalue weighted by Gasteiger charge is 2.53. The molecule has 0 aliphatic heterocycles. The van der Waals surface area contributed by atoms with Crippen molar-refractivity contribution < 1.29 is 34.0 Å². The topological polar surface area (TPSA) is 159 Å². The molecule has 0 radical (unpaired) electrons. The molecular weight excluding hydrogens is 819 g/mol. The van der Waals surface area contributed by atoms with Gasteiger partial charge >= 0.3 is 6.09 Å². The first-order chi connectivity index (χ1) is 31.7. The van der Waals surface area contributed by atoms with Crippen molar-refractivity contribution in [1.82, 2.24) is 19.9 Å². The van der Waals surface area contributed by atoms with E-state index in [1.165, 1.54) is 11.2 Å². The van der Waals surface area contributed by atoms with Gasteiger partial charge < -0.3 is 34.7 Å². The van der Waals surface area contributed by atoms with Crippen LogP contribution in [-0.4, -0.2) is 75.5 Å². The average molecular weight is 866 g/mol. The van der Waals surface area contributed by atoms with Crippen LogP contribution in [-0.2, 0) is 15.9 Å². The van der Waals surface area contributed by atoms with Gasteiger partial charge in [-0.05, 0) is 82.3 Å². The largest absolute Gasteiger partial charge is 0.497 e. The van der Waals surface area contributed by atoms with Gasteiger partial charge in [0.2, 0.25) is 0 Å².